The highest BCUT2D eigenvalue weighted by Gasteiger charge is 2.78. The van der Waals surface area contributed by atoms with Crippen LogP contribution in [0.3, 0.4) is 0 Å². The molecule has 1 aromatic rings. The van der Waals surface area contributed by atoms with Gasteiger partial charge in [-0.3, -0.25) is 4.79 Å². The minimum atomic E-state index is -2.72. The Labute approximate surface area is 151 Å². The van der Waals surface area contributed by atoms with Crippen LogP contribution < -0.4 is 5.32 Å². The topological polar surface area (TPSA) is 58.6 Å². The van der Waals surface area contributed by atoms with E-state index in [4.69, 9.17) is 4.74 Å². The maximum absolute atomic E-state index is 14.0. The molecule has 7 heteroatoms. The number of rotatable bonds is 5. The van der Waals surface area contributed by atoms with Gasteiger partial charge in [0.1, 0.15) is 6.04 Å². The number of nitrogens with one attached hydrogen (secondary N) is 1. The van der Waals surface area contributed by atoms with Crippen LogP contribution in [0.1, 0.15) is 25.8 Å². The number of hydrogen-bond donors (Lipinski definition) is 1. The third-order valence-corrected chi connectivity index (χ3v) is 5.65. The Morgan fingerprint density at radius 2 is 2.04 bits per heavy atom. The fraction of sp³-hybridized carbons (Fsp3) is 0.579. The van der Waals surface area contributed by atoms with E-state index in [9.17, 15) is 18.4 Å². The van der Waals surface area contributed by atoms with Crippen LogP contribution in [0.4, 0.5) is 13.6 Å². The molecule has 2 aliphatic rings. The first kappa shape index (κ1) is 18.6. The molecule has 3 rings (SSSR count). The second-order valence-electron chi connectivity index (χ2n) is 7.23. The average molecular weight is 366 g/mol. The standard InChI is InChI=1S/C19H24F2N2O3/c1-3-26-17(25)22-14(11-13-7-5-4-6-8-13)16(24)23-10-9-18(2)15(12-23)19(18,20)21/h4-8,14-15H,3,9-12H2,1-2H3,(H,22,25)/t14-,15?,18?/m1/s1. The number of amides is 2. The van der Waals surface area contributed by atoms with Crippen molar-refractivity contribution in [2.45, 2.75) is 38.7 Å². The van der Waals surface area contributed by atoms with E-state index in [0.717, 1.165) is 5.56 Å². The monoisotopic (exact) mass is 366 g/mol. The van der Waals surface area contributed by atoms with E-state index in [-0.39, 0.29) is 38.4 Å². The van der Waals surface area contributed by atoms with Crippen molar-refractivity contribution >= 4 is 12.0 Å². The van der Waals surface area contributed by atoms with Gasteiger partial charge in [-0.2, -0.15) is 0 Å². The van der Waals surface area contributed by atoms with Crippen molar-refractivity contribution in [1.29, 1.82) is 0 Å². The molecular weight excluding hydrogens is 342 g/mol. The lowest BCUT2D eigenvalue weighted by atomic mass is 9.96. The molecule has 0 spiro atoms. The summed E-state index contributed by atoms with van der Waals surface area (Å²) in [7, 11) is 0. The van der Waals surface area contributed by atoms with Gasteiger partial charge in [0, 0.05) is 24.9 Å². The van der Waals surface area contributed by atoms with Gasteiger partial charge in [0.25, 0.3) is 5.92 Å². The molecule has 2 unspecified atom stereocenters. The zero-order valence-electron chi connectivity index (χ0n) is 15.0. The summed E-state index contributed by atoms with van der Waals surface area (Å²) in [6, 6.07) is 8.43. The van der Waals surface area contributed by atoms with Gasteiger partial charge in [-0.15, -0.1) is 0 Å². The Bertz CT molecular complexity index is 683. The Balaban J connectivity index is 1.71. The molecule has 5 nitrogen and oxygen atoms in total. The van der Waals surface area contributed by atoms with Gasteiger partial charge in [-0.05, 0) is 18.9 Å². The normalized spacial score (nSPS) is 27.2. The van der Waals surface area contributed by atoms with Crippen LogP contribution in [-0.2, 0) is 16.0 Å². The number of benzene rings is 1. The smallest absolute Gasteiger partial charge is 0.407 e. The van der Waals surface area contributed by atoms with E-state index in [1.54, 1.807) is 13.8 Å². The lowest BCUT2D eigenvalue weighted by Gasteiger charge is -2.31. The predicted molar refractivity (Wildman–Crippen MR) is 91.8 cm³/mol. The highest BCUT2D eigenvalue weighted by atomic mass is 19.3. The molecule has 1 aromatic carbocycles. The molecule has 0 bridgehead atoms. The summed E-state index contributed by atoms with van der Waals surface area (Å²) in [5, 5.41) is 2.58. The molecule has 1 saturated carbocycles. The molecule has 0 aromatic heterocycles. The van der Waals surface area contributed by atoms with Gasteiger partial charge in [0.05, 0.1) is 12.5 Å². The molecule has 0 radical (unpaired) electrons. The van der Waals surface area contributed by atoms with Gasteiger partial charge < -0.3 is 15.0 Å². The van der Waals surface area contributed by atoms with Crippen molar-refractivity contribution in [3.8, 4) is 0 Å². The Morgan fingerprint density at radius 1 is 1.35 bits per heavy atom. The minimum absolute atomic E-state index is 0.0259. The molecular formula is C19H24F2N2O3. The summed E-state index contributed by atoms with van der Waals surface area (Å²) in [6.45, 7) is 3.75. The number of carbonyl (C=O) groups is 2. The summed E-state index contributed by atoms with van der Waals surface area (Å²) in [5.74, 6) is -3.86. The molecule has 1 N–H and O–H groups in total. The average Bonchev–Trinajstić information content (AvgIpc) is 3.06. The quantitative estimate of drug-likeness (QED) is 0.872. The van der Waals surface area contributed by atoms with Crippen LogP contribution in [0.2, 0.25) is 0 Å². The summed E-state index contributed by atoms with van der Waals surface area (Å²) in [6.07, 6.45) is -0.123. The second kappa shape index (κ2) is 6.85. The van der Waals surface area contributed by atoms with E-state index in [1.165, 1.54) is 4.90 Å². The van der Waals surface area contributed by atoms with E-state index >= 15 is 0 Å². The number of carbonyl (C=O) groups excluding carboxylic acids is 2. The van der Waals surface area contributed by atoms with Crippen LogP contribution in [-0.4, -0.2) is 48.6 Å². The van der Waals surface area contributed by atoms with Crippen molar-refractivity contribution in [3.63, 3.8) is 0 Å². The van der Waals surface area contributed by atoms with Gasteiger partial charge >= 0.3 is 6.09 Å². The summed E-state index contributed by atoms with van der Waals surface area (Å²) >= 11 is 0. The number of halogens is 2. The number of nitrogens with zero attached hydrogens (tertiary/aromatic N) is 1. The van der Waals surface area contributed by atoms with Crippen LogP contribution in [0.5, 0.6) is 0 Å². The third kappa shape index (κ3) is 3.27. The fourth-order valence-corrected chi connectivity index (χ4v) is 3.80. The van der Waals surface area contributed by atoms with Crippen molar-refractivity contribution in [2.75, 3.05) is 19.7 Å². The first-order valence-electron chi connectivity index (χ1n) is 8.93. The van der Waals surface area contributed by atoms with Gasteiger partial charge in [0.15, 0.2) is 0 Å². The summed E-state index contributed by atoms with van der Waals surface area (Å²) in [5.41, 5.74) is -0.117. The summed E-state index contributed by atoms with van der Waals surface area (Å²) < 4.78 is 32.8. The van der Waals surface area contributed by atoms with Crippen molar-refractivity contribution in [2.24, 2.45) is 11.3 Å². The van der Waals surface area contributed by atoms with E-state index < -0.39 is 29.4 Å². The molecule has 3 atom stereocenters. The molecule has 1 heterocycles. The number of ether oxygens (including phenoxy) is 1. The minimum Gasteiger partial charge on any atom is -0.450 e. The van der Waals surface area contributed by atoms with Crippen LogP contribution in [0.15, 0.2) is 30.3 Å². The third-order valence-electron chi connectivity index (χ3n) is 5.65. The molecule has 2 amide bonds. The molecule has 142 valence electrons. The van der Waals surface area contributed by atoms with Gasteiger partial charge in [-0.1, -0.05) is 37.3 Å². The molecule has 1 aliphatic heterocycles. The maximum Gasteiger partial charge on any atom is 0.407 e. The highest BCUT2D eigenvalue weighted by Crippen LogP contribution is 2.69. The lowest BCUT2D eigenvalue weighted by molar-refractivity contribution is -0.134. The Morgan fingerprint density at radius 3 is 2.65 bits per heavy atom. The largest absolute Gasteiger partial charge is 0.450 e. The van der Waals surface area contributed by atoms with Crippen molar-refractivity contribution in [1.82, 2.24) is 10.2 Å². The fourth-order valence-electron chi connectivity index (χ4n) is 3.80. The number of likely N-dealkylation sites (tertiary alicyclic amines) is 1. The Hall–Kier alpha value is -2.18. The number of piperidine rings is 1. The predicted octanol–water partition coefficient (Wildman–Crippen LogP) is 2.85. The highest BCUT2D eigenvalue weighted by molar-refractivity contribution is 5.86. The molecule has 1 aliphatic carbocycles. The van der Waals surface area contributed by atoms with Crippen LogP contribution in [0.25, 0.3) is 0 Å². The number of alkyl halides is 2. The van der Waals surface area contributed by atoms with Gasteiger partial charge in [0.2, 0.25) is 5.91 Å². The number of hydrogen-bond acceptors (Lipinski definition) is 3. The summed E-state index contributed by atoms with van der Waals surface area (Å²) in [4.78, 5) is 26.2. The second-order valence-corrected chi connectivity index (χ2v) is 7.23. The number of fused-ring (bicyclic) bond motifs is 1. The zero-order chi connectivity index (χ0) is 18.9. The SMILES string of the molecule is CCOC(=O)N[C@H](Cc1ccccc1)C(=O)N1CCC2(C)C(C1)C2(F)F. The van der Waals surface area contributed by atoms with Crippen LogP contribution in [0, 0.1) is 11.3 Å². The lowest BCUT2D eigenvalue weighted by Crippen LogP contribution is -2.52. The number of alkyl carbamates (subject to hydrolysis) is 1. The van der Waals surface area contributed by atoms with Crippen molar-refractivity contribution in [3.05, 3.63) is 35.9 Å². The van der Waals surface area contributed by atoms with Crippen LogP contribution >= 0.6 is 0 Å². The first-order valence-corrected chi connectivity index (χ1v) is 8.93. The molecule has 1 saturated heterocycles. The van der Waals surface area contributed by atoms with E-state index in [0.29, 0.717) is 0 Å². The van der Waals surface area contributed by atoms with Crippen molar-refractivity contribution < 1.29 is 23.1 Å². The van der Waals surface area contributed by atoms with E-state index in [1.807, 2.05) is 30.3 Å². The maximum atomic E-state index is 14.0. The Kier molecular flexibility index (Phi) is 4.90. The zero-order valence-corrected chi connectivity index (χ0v) is 15.0. The van der Waals surface area contributed by atoms with Gasteiger partial charge in [-0.25, -0.2) is 13.6 Å². The van der Waals surface area contributed by atoms with E-state index in [2.05, 4.69) is 5.32 Å². The first-order chi connectivity index (χ1) is 12.3. The molecule has 2 fully saturated rings. The molecule has 26 heavy (non-hydrogen) atoms.